The van der Waals surface area contributed by atoms with Crippen molar-refractivity contribution in [1.29, 1.82) is 0 Å². The van der Waals surface area contributed by atoms with Gasteiger partial charge in [-0.25, -0.2) is 0 Å². The van der Waals surface area contributed by atoms with Crippen molar-refractivity contribution < 1.29 is 0 Å². The van der Waals surface area contributed by atoms with Gasteiger partial charge in [0.1, 0.15) is 0 Å². The van der Waals surface area contributed by atoms with Crippen LogP contribution >= 0.6 is 0 Å². The highest BCUT2D eigenvalue weighted by molar-refractivity contribution is 5.56. The fourth-order valence-electron chi connectivity index (χ4n) is 1.26. The molecular formula is C14H19N. The van der Waals surface area contributed by atoms with Crippen molar-refractivity contribution in [3.05, 3.63) is 48.1 Å². The largest absolute Gasteiger partial charge is 0.378 e. The average molecular weight is 201 g/mol. The lowest BCUT2D eigenvalue weighted by molar-refractivity contribution is 1.13. The van der Waals surface area contributed by atoms with Gasteiger partial charge >= 0.3 is 0 Å². The number of benzene rings is 1. The first-order valence-electron chi connectivity index (χ1n) is 5.34. The summed E-state index contributed by atoms with van der Waals surface area (Å²) in [7, 11) is 4.10. The Hall–Kier alpha value is -1.50. The van der Waals surface area contributed by atoms with E-state index in [0.29, 0.717) is 0 Å². The molecule has 0 bridgehead atoms. The third kappa shape index (κ3) is 4.03. The molecule has 0 fully saturated rings. The monoisotopic (exact) mass is 201 g/mol. The lowest BCUT2D eigenvalue weighted by atomic mass is 10.2. The maximum atomic E-state index is 2.14. The maximum Gasteiger partial charge on any atom is 0.0361 e. The Balaban J connectivity index is 2.64. The first kappa shape index (κ1) is 11.6. The molecule has 0 N–H and O–H groups in total. The standard InChI is InChI=1S/C14H19N/c1-4-5-6-7-8-13-9-11-14(12-10-13)15(2)3/h5-12H,4H2,1-3H3. The second-order valence-electron chi connectivity index (χ2n) is 3.68. The molecule has 1 aromatic rings. The Kier molecular flexibility index (Phi) is 4.69. The topological polar surface area (TPSA) is 3.24 Å². The molecule has 0 aliphatic rings. The molecule has 0 aliphatic heterocycles. The molecule has 1 aromatic carbocycles. The molecule has 1 nitrogen and oxygen atoms in total. The molecule has 80 valence electrons. The molecule has 0 heterocycles. The van der Waals surface area contributed by atoms with Gasteiger partial charge in [-0.3, -0.25) is 0 Å². The van der Waals surface area contributed by atoms with Crippen LogP contribution in [0, 0.1) is 0 Å². The van der Waals surface area contributed by atoms with Gasteiger partial charge in [-0.1, -0.05) is 43.4 Å². The van der Waals surface area contributed by atoms with Gasteiger partial charge in [-0.2, -0.15) is 0 Å². The molecule has 1 heteroatoms. The molecule has 0 saturated heterocycles. The summed E-state index contributed by atoms with van der Waals surface area (Å²) < 4.78 is 0. The quantitative estimate of drug-likeness (QED) is 0.671. The van der Waals surface area contributed by atoms with Crippen molar-refractivity contribution in [2.24, 2.45) is 0 Å². The third-order valence-electron chi connectivity index (χ3n) is 2.18. The van der Waals surface area contributed by atoms with Crippen molar-refractivity contribution >= 4 is 11.8 Å². The lowest BCUT2D eigenvalue weighted by Gasteiger charge is -2.11. The Bertz CT molecular complexity index is 331. The van der Waals surface area contributed by atoms with Crippen LogP contribution in [0.4, 0.5) is 5.69 Å². The Morgan fingerprint density at radius 3 is 2.27 bits per heavy atom. The van der Waals surface area contributed by atoms with E-state index in [1.807, 2.05) is 0 Å². The second-order valence-corrected chi connectivity index (χ2v) is 3.68. The van der Waals surface area contributed by atoms with Gasteiger partial charge in [-0.15, -0.1) is 0 Å². The summed E-state index contributed by atoms with van der Waals surface area (Å²) in [6, 6.07) is 8.52. The van der Waals surface area contributed by atoms with Crippen LogP contribution in [-0.4, -0.2) is 14.1 Å². The summed E-state index contributed by atoms with van der Waals surface area (Å²) in [5, 5.41) is 0. The second kappa shape index (κ2) is 6.07. The van der Waals surface area contributed by atoms with Gasteiger partial charge in [0, 0.05) is 19.8 Å². The molecule has 0 spiro atoms. The Morgan fingerprint density at radius 2 is 1.73 bits per heavy atom. The SMILES string of the molecule is CCC=CC=Cc1ccc(N(C)C)cc1. The van der Waals surface area contributed by atoms with E-state index in [0.717, 1.165) is 6.42 Å². The zero-order chi connectivity index (χ0) is 11.1. The molecular weight excluding hydrogens is 182 g/mol. The molecule has 0 amide bonds. The fraction of sp³-hybridized carbons (Fsp3) is 0.286. The van der Waals surface area contributed by atoms with E-state index >= 15 is 0 Å². The Labute approximate surface area is 92.7 Å². The van der Waals surface area contributed by atoms with Gasteiger partial charge < -0.3 is 4.90 Å². The number of nitrogens with zero attached hydrogens (tertiary/aromatic N) is 1. The number of allylic oxidation sites excluding steroid dienone is 3. The highest BCUT2D eigenvalue weighted by atomic mass is 15.1. The minimum Gasteiger partial charge on any atom is -0.378 e. The number of rotatable bonds is 4. The fourth-order valence-corrected chi connectivity index (χ4v) is 1.26. The van der Waals surface area contributed by atoms with Crippen molar-refractivity contribution in [3.8, 4) is 0 Å². The van der Waals surface area contributed by atoms with Gasteiger partial charge in [0.2, 0.25) is 0 Å². The number of anilines is 1. The molecule has 1 rings (SSSR count). The normalized spacial score (nSPS) is 11.4. The summed E-state index contributed by atoms with van der Waals surface area (Å²) >= 11 is 0. The van der Waals surface area contributed by atoms with E-state index in [1.54, 1.807) is 0 Å². The summed E-state index contributed by atoms with van der Waals surface area (Å²) in [6.07, 6.45) is 9.51. The number of hydrogen-bond acceptors (Lipinski definition) is 1. The van der Waals surface area contributed by atoms with Crippen LogP contribution in [0.3, 0.4) is 0 Å². The third-order valence-corrected chi connectivity index (χ3v) is 2.18. The first-order valence-corrected chi connectivity index (χ1v) is 5.34. The average Bonchev–Trinajstić information content (AvgIpc) is 2.25. The minimum atomic E-state index is 1.09. The molecule has 0 radical (unpaired) electrons. The highest BCUT2D eigenvalue weighted by Gasteiger charge is 1.92. The van der Waals surface area contributed by atoms with Crippen LogP contribution in [0.1, 0.15) is 18.9 Å². The maximum absolute atomic E-state index is 2.14. The molecule has 0 aliphatic carbocycles. The van der Waals surface area contributed by atoms with Gasteiger partial charge in [-0.05, 0) is 24.1 Å². The van der Waals surface area contributed by atoms with Crippen LogP contribution in [0.15, 0.2) is 42.5 Å². The predicted octanol–water partition coefficient (Wildman–Crippen LogP) is 3.73. The molecule has 0 saturated carbocycles. The zero-order valence-electron chi connectivity index (χ0n) is 9.77. The van der Waals surface area contributed by atoms with Gasteiger partial charge in [0.05, 0.1) is 0 Å². The minimum absolute atomic E-state index is 1.09. The molecule has 0 unspecified atom stereocenters. The van der Waals surface area contributed by atoms with Crippen LogP contribution < -0.4 is 4.90 Å². The molecule has 15 heavy (non-hydrogen) atoms. The van der Waals surface area contributed by atoms with E-state index in [1.165, 1.54) is 11.3 Å². The van der Waals surface area contributed by atoms with E-state index in [9.17, 15) is 0 Å². The van der Waals surface area contributed by atoms with Crippen molar-refractivity contribution in [2.45, 2.75) is 13.3 Å². The zero-order valence-corrected chi connectivity index (χ0v) is 9.77. The van der Waals surface area contributed by atoms with Crippen LogP contribution in [0.25, 0.3) is 6.08 Å². The highest BCUT2D eigenvalue weighted by Crippen LogP contribution is 2.13. The summed E-state index contributed by atoms with van der Waals surface area (Å²) in [6.45, 7) is 2.14. The van der Waals surface area contributed by atoms with E-state index in [4.69, 9.17) is 0 Å². The van der Waals surface area contributed by atoms with Crippen molar-refractivity contribution in [3.63, 3.8) is 0 Å². The van der Waals surface area contributed by atoms with E-state index < -0.39 is 0 Å². The smallest absolute Gasteiger partial charge is 0.0361 e. The predicted molar refractivity (Wildman–Crippen MR) is 69.2 cm³/mol. The Morgan fingerprint density at radius 1 is 1.07 bits per heavy atom. The lowest BCUT2D eigenvalue weighted by Crippen LogP contribution is -2.07. The van der Waals surface area contributed by atoms with Crippen molar-refractivity contribution in [1.82, 2.24) is 0 Å². The van der Waals surface area contributed by atoms with E-state index in [2.05, 4.69) is 74.5 Å². The molecule has 0 atom stereocenters. The summed E-state index contributed by atoms with van der Waals surface area (Å²) in [5.41, 5.74) is 2.47. The van der Waals surface area contributed by atoms with E-state index in [-0.39, 0.29) is 0 Å². The van der Waals surface area contributed by atoms with Crippen LogP contribution in [0.5, 0.6) is 0 Å². The van der Waals surface area contributed by atoms with Crippen LogP contribution in [-0.2, 0) is 0 Å². The number of hydrogen-bond donors (Lipinski definition) is 0. The van der Waals surface area contributed by atoms with Crippen molar-refractivity contribution in [2.75, 3.05) is 19.0 Å². The summed E-state index contributed by atoms with van der Waals surface area (Å²) in [5.74, 6) is 0. The molecule has 0 aromatic heterocycles. The first-order chi connectivity index (χ1) is 7.24. The summed E-state index contributed by atoms with van der Waals surface area (Å²) in [4.78, 5) is 2.10. The van der Waals surface area contributed by atoms with Gasteiger partial charge in [0.15, 0.2) is 0 Å². The van der Waals surface area contributed by atoms with Gasteiger partial charge in [0.25, 0.3) is 0 Å². The van der Waals surface area contributed by atoms with Crippen LogP contribution in [0.2, 0.25) is 0 Å².